The number of carbonyl (C=O) groups is 2. The Balaban J connectivity index is 1.70. The number of likely N-dealkylation sites (tertiary alicyclic amines) is 1. The second-order valence-corrected chi connectivity index (χ2v) is 7.32. The Morgan fingerprint density at radius 2 is 1.70 bits per heavy atom. The van der Waals surface area contributed by atoms with Gasteiger partial charge in [0.1, 0.15) is 0 Å². The predicted octanol–water partition coefficient (Wildman–Crippen LogP) is 4.63. The molecule has 10 heteroatoms. The summed E-state index contributed by atoms with van der Waals surface area (Å²) in [5.74, 6) is -0.777. The highest BCUT2D eigenvalue weighted by atomic mass is 19.4. The first-order valence-electron chi connectivity index (χ1n) is 10.6. The summed E-state index contributed by atoms with van der Waals surface area (Å²) in [6, 6.07) is 9.57. The normalized spacial score (nSPS) is 13.9. The number of alkyl halides is 3. The van der Waals surface area contributed by atoms with E-state index in [1.54, 1.807) is 11.8 Å². The zero-order valence-corrected chi connectivity index (χ0v) is 18.1. The number of ether oxygens (including phenoxy) is 3. The van der Waals surface area contributed by atoms with E-state index >= 15 is 0 Å². The van der Waals surface area contributed by atoms with Gasteiger partial charge >= 0.3 is 6.36 Å². The maximum absolute atomic E-state index is 12.7. The molecule has 1 aliphatic rings. The maximum Gasteiger partial charge on any atom is 0.573 e. The number of nitrogens with zero attached hydrogens (tertiary/aromatic N) is 1. The van der Waals surface area contributed by atoms with Gasteiger partial charge in [-0.1, -0.05) is 12.1 Å². The van der Waals surface area contributed by atoms with Crippen LogP contribution >= 0.6 is 0 Å². The Labute approximate surface area is 189 Å². The van der Waals surface area contributed by atoms with E-state index in [0.29, 0.717) is 18.8 Å². The lowest BCUT2D eigenvalue weighted by Gasteiger charge is -2.26. The second kappa shape index (κ2) is 10.9. The molecule has 3 rings (SSSR count). The van der Waals surface area contributed by atoms with Crippen molar-refractivity contribution < 1.29 is 37.0 Å². The molecule has 0 spiro atoms. The minimum atomic E-state index is -4.90. The highest BCUT2D eigenvalue weighted by Crippen LogP contribution is 2.32. The van der Waals surface area contributed by atoms with Gasteiger partial charge in [-0.15, -0.1) is 13.2 Å². The van der Waals surface area contributed by atoms with E-state index in [-0.39, 0.29) is 36.1 Å². The van der Waals surface area contributed by atoms with Gasteiger partial charge in [-0.2, -0.15) is 0 Å². The first-order valence-corrected chi connectivity index (χ1v) is 10.6. The summed E-state index contributed by atoms with van der Waals surface area (Å²) in [6.07, 6.45) is -1.85. The van der Waals surface area contributed by atoms with Crippen LogP contribution < -0.4 is 19.5 Å². The third kappa shape index (κ3) is 7.03. The SMILES string of the molecule is CCOc1cc(C(=O)Nc2ccccc2OC(F)(F)F)ccc1OCC(=O)N1CCCCC1. The molecule has 0 bridgehead atoms. The molecule has 0 aromatic heterocycles. The van der Waals surface area contributed by atoms with Crippen LogP contribution in [-0.4, -0.2) is 49.4 Å². The van der Waals surface area contributed by atoms with Crippen molar-refractivity contribution >= 4 is 17.5 Å². The molecule has 1 aliphatic heterocycles. The van der Waals surface area contributed by atoms with Crippen molar-refractivity contribution in [3.63, 3.8) is 0 Å². The topological polar surface area (TPSA) is 77.1 Å². The lowest BCUT2D eigenvalue weighted by atomic mass is 10.1. The van der Waals surface area contributed by atoms with E-state index < -0.39 is 18.0 Å². The number of halogens is 3. The Morgan fingerprint density at radius 3 is 2.39 bits per heavy atom. The summed E-state index contributed by atoms with van der Waals surface area (Å²) < 4.78 is 53.0. The van der Waals surface area contributed by atoms with Gasteiger partial charge in [0.05, 0.1) is 12.3 Å². The van der Waals surface area contributed by atoms with Crippen molar-refractivity contribution in [3.05, 3.63) is 48.0 Å². The van der Waals surface area contributed by atoms with Gasteiger partial charge in [0.2, 0.25) is 0 Å². The molecule has 1 fully saturated rings. The van der Waals surface area contributed by atoms with E-state index in [4.69, 9.17) is 9.47 Å². The number of carbonyl (C=O) groups excluding carboxylic acids is 2. The Hall–Kier alpha value is -3.43. The van der Waals surface area contributed by atoms with Gasteiger partial charge in [0.15, 0.2) is 23.9 Å². The van der Waals surface area contributed by atoms with E-state index in [1.165, 1.54) is 36.4 Å². The number of benzene rings is 2. The first-order chi connectivity index (χ1) is 15.8. The molecule has 0 unspecified atom stereocenters. The Morgan fingerprint density at radius 1 is 0.970 bits per heavy atom. The summed E-state index contributed by atoms with van der Waals surface area (Å²) >= 11 is 0. The quantitative estimate of drug-likeness (QED) is 0.614. The molecule has 1 N–H and O–H groups in total. The summed E-state index contributed by atoms with van der Waals surface area (Å²) in [5.41, 5.74) is 0.000193. The molecule has 33 heavy (non-hydrogen) atoms. The summed E-state index contributed by atoms with van der Waals surface area (Å²) in [5, 5.41) is 2.41. The Bertz CT molecular complexity index is 975. The zero-order chi connectivity index (χ0) is 23.8. The van der Waals surface area contributed by atoms with Crippen molar-refractivity contribution in [1.82, 2.24) is 4.90 Å². The largest absolute Gasteiger partial charge is 0.573 e. The molecule has 2 aromatic rings. The van der Waals surface area contributed by atoms with Crippen molar-refractivity contribution in [1.29, 1.82) is 0 Å². The molecule has 178 valence electrons. The van der Waals surface area contributed by atoms with Crippen LogP contribution in [0.5, 0.6) is 17.2 Å². The third-order valence-corrected chi connectivity index (χ3v) is 4.93. The van der Waals surface area contributed by atoms with Gasteiger partial charge < -0.3 is 24.4 Å². The predicted molar refractivity (Wildman–Crippen MR) is 115 cm³/mol. The number of hydrogen-bond donors (Lipinski definition) is 1. The first kappa shape index (κ1) is 24.2. The van der Waals surface area contributed by atoms with Crippen LogP contribution in [0.1, 0.15) is 36.5 Å². The lowest BCUT2D eigenvalue weighted by molar-refractivity contribution is -0.274. The van der Waals surface area contributed by atoms with Gasteiger partial charge in [0, 0.05) is 18.7 Å². The molecular weight excluding hydrogens is 441 g/mol. The standard InChI is InChI=1S/C23H25F3N2O5/c1-2-31-20-14-16(10-11-19(20)32-15-21(29)28-12-6-3-7-13-28)22(30)27-17-8-4-5-9-18(17)33-23(24,25)26/h4-5,8-11,14H,2-3,6-7,12-13,15H2,1H3,(H,27,30). The smallest absolute Gasteiger partial charge is 0.490 e. The van der Waals surface area contributed by atoms with E-state index in [9.17, 15) is 22.8 Å². The number of hydrogen-bond acceptors (Lipinski definition) is 5. The number of nitrogens with one attached hydrogen (secondary N) is 1. The van der Waals surface area contributed by atoms with Gasteiger partial charge in [-0.3, -0.25) is 9.59 Å². The van der Waals surface area contributed by atoms with E-state index in [2.05, 4.69) is 10.1 Å². The van der Waals surface area contributed by atoms with Crippen LogP contribution in [-0.2, 0) is 4.79 Å². The molecule has 0 aliphatic carbocycles. The fourth-order valence-corrected chi connectivity index (χ4v) is 3.39. The molecular formula is C23H25F3N2O5. The number of amides is 2. The molecule has 0 saturated carbocycles. The number of anilines is 1. The summed E-state index contributed by atoms with van der Waals surface area (Å²) in [7, 11) is 0. The highest BCUT2D eigenvalue weighted by molar-refractivity contribution is 6.05. The summed E-state index contributed by atoms with van der Waals surface area (Å²) in [6.45, 7) is 3.29. The minimum Gasteiger partial charge on any atom is -0.490 e. The molecule has 2 aromatic carbocycles. The van der Waals surface area contributed by atoms with Crippen molar-refractivity contribution in [2.75, 3.05) is 31.6 Å². The van der Waals surface area contributed by atoms with Crippen LogP contribution in [0.25, 0.3) is 0 Å². The van der Waals surface area contributed by atoms with Crippen LogP contribution in [0, 0.1) is 0 Å². The number of piperidine rings is 1. The molecule has 2 amide bonds. The molecule has 7 nitrogen and oxygen atoms in total. The molecule has 1 saturated heterocycles. The molecule has 1 heterocycles. The maximum atomic E-state index is 12.7. The monoisotopic (exact) mass is 466 g/mol. The molecule has 0 radical (unpaired) electrons. The molecule has 0 atom stereocenters. The van der Waals surface area contributed by atoms with Gasteiger partial charge in [-0.25, -0.2) is 0 Å². The Kier molecular flexibility index (Phi) is 8.02. The van der Waals surface area contributed by atoms with Crippen molar-refractivity contribution in [2.45, 2.75) is 32.5 Å². The second-order valence-electron chi connectivity index (χ2n) is 7.32. The number of rotatable bonds is 8. The third-order valence-electron chi connectivity index (χ3n) is 4.93. The zero-order valence-electron chi connectivity index (χ0n) is 18.1. The lowest BCUT2D eigenvalue weighted by Crippen LogP contribution is -2.38. The van der Waals surface area contributed by atoms with Crippen LogP contribution in [0.4, 0.5) is 18.9 Å². The van der Waals surface area contributed by atoms with Crippen LogP contribution in [0.15, 0.2) is 42.5 Å². The van der Waals surface area contributed by atoms with E-state index in [0.717, 1.165) is 25.3 Å². The van der Waals surface area contributed by atoms with E-state index in [1.807, 2.05) is 0 Å². The minimum absolute atomic E-state index is 0.125. The highest BCUT2D eigenvalue weighted by Gasteiger charge is 2.32. The summed E-state index contributed by atoms with van der Waals surface area (Å²) in [4.78, 5) is 26.8. The van der Waals surface area contributed by atoms with Gasteiger partial charge in [0.25, 0.3) is 11.8 Å². The van der Waals surface area contributed by atoms with Crippen LogP contribution in [0.3, 0.4) is 0 Å². The fraction of sp³-hybridized carbons (Fsp3) is 0.391. The average molecular weight is 466 g/mol. The fourth-order valence-electron chi connectivity index (χ4n) is 3.39. The van der Waals surface area contributed by atoms with Gasteiger partial charge in [-0.05, 0) is 56.5 Å². The average Bonchev–Trinajstić information content (AvgIpc) is 2.79. The van der Waals surface area contributed by atoms with Crippen molar-refractivity contribution in [3.8, 4) is 17.2 Å². The van der Waals surface area contributed by atoms with Crippen LogP contribution in [0.2, 0.25) is 0 Å². The van der Waals surface area contributed by atoms with Crippen molar-refractivity contribution in [2.24, 2.45) is 0 Å². The number of para-hydroxylation sites is 2.